The molecule has 0 aliphatic heterocycles. The minimum absolute atomic E-state index is 0.247. The zero-order valence-electron chi connectivity index (χ0n) is 6.28. The summed E-state index contributed by atoms with van der Waals surface area (Å²) < 4.78 is 0. The van der Waals surface area contributed by atoms with Gasteiger partial charge < -0.3 is 20.4 Å². The number of aliphatic hydroxyl groups excluding tert-OH is 1. The van der Waals surface area contributed by atoms with Gasteiger partial charge in [0.25, 0.3) is 5.91 Å². The first-order valence-electron chi connectivity index (χ1n) is 3.19. The van der Waals surface area contributed by atoms with Crippen LogP contribution in [-0.4, -0.2) is 45.2 Å². The fourth-order valence-corrected chi connectivity index (χ4v) is 0.595. The third-order valence-corrected chi connectivity index (χ3v) is 1.31. The average Bonchev–Trinajstić information content (AvgIpc) is 1.86. The van der Waals surface area contributed by atoms with Crippen LogP contribution in [-0.2, 0) is 0 Å². The first-order chi connectivity index (χ1) is 4.87. The summed E-state index contributed by atoms with van der Waals surface area (Å²) in [6.07, 6.45) is 0. The molecule has 0 aromatic carbocycles. The molecule has 0 aromatic rings. The predicted molar refractivity (Wildman–Crippen MR) is 37.1 cm³/mol. The van der Waals surface area contributed by atoms with Crippen LogP contribution in [0.3, 0.4) is 0 Å². The van der Waals surface area contributed by atoms with E-state index in [4.69, 9.17) is 21.1 Å². The van der Waals surface area contributed by atoms with Gasteiger partial charge in [-0.3, -0.25) is 11.1 Å². The molecule has 0 bridgehead atoms. The van der Waals surface area contributed by atoms with Gasteiger partial charge in [-0.1, -0.05) is 6.92 Å². The Morgan fingerprint density at radius 3 is 1.91 bits per heavy atom. The van der Waals surface area contributed by atoms with Gasteiger partial charge in [0.1, 0.15) is 0 Å². The Kier molecular flexibility index (Phi) is 3.36. The Bertz CT molecular complexity index is 124. The highest BCUT2D eigenvalue weighted by Crippen LogP contribution is 2.09. The first kappa shape index (κ1) is 10.8. The highest BCUT2D eigenvalue weighted by Gasteiger charge is 2.44. The lowest BCUT2D eigenvalue weighted by molar-refractivity contribution is -0.292. The van der Waals surface area contributed by atoms with Gasteiger partial charge in [-0.2, -0.15) is 0 Å². The van der Waals surface area contributed by atoms with Crippen molar-refractivity contribution in [1.29, 1.82) is 0 Å². The fourth-order valence-electron chi connectivity index (χ4n) is 0.595. The number of rotatable bonds is 4. The summed E-state index contributed by atoms with van der Waals surface area (Å²) >= 11 is 0. The van der Waals surface area contributed by atoms with Crippen LogP contribution in [0.15, 0.2) is 0 Å². The Balaban J connectivity index is 4.33. The topological polar surface area (TPSA) is 119 Å². The maximum atomic E-state index is 9.17. The molecule has 0 radical (unpaired) electrons. The second kappa shape index (κ2) is 3.44. The quantitative estimate of drug-likeness (QED) is 0.246. The van der Waals surface area contributed by atoms with E-state index >= 15 is 0 Å². The van der Waals surface area contributed by atoms with Crippen molar-refractivity contribution >= 4 is 0 Å². The maximum absolute atomic E-state index is 9.17. The average molecular weight is 166 g/mol. The van der Waals surface area contributed by atoms with E-state index in [0.717, 1.165) is 0 Å². The van der Waals surface area contributed by atoms with Crippen LogP contribution in [0.5, 0.6) is 0 Å². The summed E-state index contributed by atoms with van der Waals surface area (Å²) in [6.45, 7) is 0.980. The predicted octanol–water partition coefficient (Wildman–Crippen LogP) is -3.13. The van der Waals surface area contributed by atoms with Crippen molar-refractivity contribution in [2.75, 3.05) is 13.2 Å². The number of aliphatic hydroxyl groups is 4. The van der Waals surface area contributed by atoms with Gasteiger partial charge in [-0.05, 0) is 6.54 Å². The van der Waals surface area contributed by atoms with E-state index in [-0.39, 0.29) is 6.54 Å². The zero-order chi connectivity index (χ0) is 9.12. The lowest BCUT2D eigenvalue weighted by atomic mass is 10.1. The molecule has 0 aliphatic carbocycles. The summed E-state index contributed by atoms with van der Waals surface area (Å²) in [6, 6.07) is 0. The van der Waals surface area contributed by atoms with Crippen LogP contribution in [0.1, 0.15) is 6.92 Å². The van der Waals surface area contributed by atoms with Crippen LogP contribution < -0.4 is 11.1 Å². The lowest BCUT2D eigenvalue weighted by Crippen LogP contribution is -2.70. The van der Waals surface area contributed by atoms with Crippen molar-refractivity contribution in [1.82, 2.24) is 5.32 Å². The van der Waals surface area contributed by atoms with Crippen molar-refractivity contribution in [2.24, 2.45) is 5.73 Å². The molecule has 6 heteroatoms. The smallest absolute Gasteiger partial charge is 0.267 e. The van der Waals surface area contributed by atoms with Gasteiger partial charge >= 0.3 is 0 Å². The highest BCUT2D eigenvalue weighted by atomic mass is 16.6. The molecule has 0 amide bonds. The number of nitrogens with one attached hydrogen (secondary N) is 1. The normalized spacial score (nSPS) is 18.0. The van der Waals surface area contributed by atoms with Crippen molar-refractivity contribution in [3.8, 4) is 0 Å². The van der Waals surface area contributed by atoms with Crippen molar-refractivity contribution in [3.63, 3.8) is 0 Å². The Hall–Kier alpha value is -0.240. The van der Waals surface area contributed by atoms with Gasteiger partial charge in [0, 0.05) is 0 Å². The second-order valence-electron chi connectivity index (χ2n) is 2.27. The molecular formula is C5H14N2O4. The lowest BCUT2D eigenvalue weighted by Gasteiger charge is -2.35. The van der Waals surface area contributed by atoms with Crippen LogP contribution in [0.4, 0.5) is 0 Å². The molecule has 0 fully saturated rings. The number of likely N-dealkylation sites (N-methyl/N-ethyl adjacent to an activating group) is 1. The van der Waals surface area contributed by atoms with Crippen molar-refractivity contribution in [2.45, 2.75) is 18.6 Å². The molecule has 0 heterocycles. The van der Waals surface area contributed by atoms with Gasteiger partial charge in [-0.25, -0.2) is 0 Å². The molecule has 0 aromatic heterocycles. The maximum Gasteiger partial charge on any atom is 0.267 e. The Morgan fingerprint density at radius 2 is 1.82 bits per heavy atom. The monoisotopic (exact) mass is 166 g/mol. The van der Waals surface area contributed by atoms with Crippen LogP contribution in [0.2, 0.25) is 0 Å². The van der Waals surface area contributed by atoms with E-state index in [0.29, 0.717) is 0 Å². The molecule has 0 saturated heterocycles. The van der Waals surface area contributed by atoms with Crippen molar-refractivity contribution in [3.05, 3.63) is 0 Å². The molecule has 0 spiro atoms. The van der Waals surface area contributed by atoms with Crippen LogP contribution in [0, 0.1) is 0 Å². The number of hydrogen-bond acceptors (Lipinski definition) is 6. The van der Waals surface area contributed by atoms with Gasteiger partial charge in [0.15, 0.2) is 0 Å². The second-order valence-corrected chi connectivity index (χ2v) is 2.27. The minimum atomic E-state index is -2.85. The highest BCUT2D eigenvalue weighted by molar-refractivity contribution is 4.84. The molecule has 68 valence electrons. The molecule has 0 rings (SSSR count). The van der Waals surface area contributed by atoms with E-state index in [9.17, 15) is 5.11 Å². The molecule has 0 saturated carbocycles. The standard InChI is InChI=1S/C5H14N2O4/c1-2-7-4(9,3-8)5(6,10)11/h7-11H,2-3,6H2,1H3. The summed E-state index contributed by atoms with van der Waals surface area (Å²) in [5, 5.41) is 37.4. The van der Waals surface area contributed by atoms with Crippen molar-refractivity contribution < 1.29 is 20.4 Å². The van der Waals surface area contributed by atoms with E-state index in [1.165, 1.54) is 0 Å². The molecular weight excluding hydrogens is 152 g/mol. The van der Waals surface area contributed by atoms with Crippen LogP contribution >= 0.6 is 0 Å². The summed E-state index contributed by atoms with van der Waals surface area (Å²) in [4.78, 5) is 0. The van der Waals surface area contributed by atoms with Gasteiger partial charge in [0.2, 0.25) is 5.72 Å². The summed E-state index contributed by atoms with van der Waals surface area (Å²) in [5.41, 5.74) is 2.47. The molecule has 6 nitrogen and oxygen atoms in total. The molecule has 1 unspecified atom stereocenters. The Morgan fingerprint density at radius 1 is 1.36 bits per heavy atom. The third-order valence-electron chi connectivity index (χ3n) is 1.31. The third kappa shape index (κ3) is 2.37. The molecule has 7 N–H and O–H groups in total. The van der Waals surface area contributed by atoms with E-state index in [2.05, 4.69) is 5.32 Å². The SMILES string of the molecule is CCNC(O)(CO)C(N)(O)O. The minimum Gasteiger partial charge on any atom is -0.392 e. The number of nitrogens with two attached hydrogens (primary N) is 1. The Labute approximate surface area is 64.3 Å². The fraction of sp³-hybridized carbons (Fsp3) is 1.00. The summed E-state index contributed by atoms with van der Waals surface area (Å²) in [7, 11) is 0. The van der Waals surface area contributed by atoms with Crippen LogP contribution in [0.25, 0.3) is 0 Å². The summed E-state index contributed by atoms with van der Waals surface area (Å²) in [5.74, 6) is -2.85. The molecule has 1 atom stereocenters. The zero-order valence-corrected chi connectivity index (χ0v) is 6.28. The van der Waals surface area contributed by atoms with Gasteiger partial charge in [-0.15, -0.1) is 0 Å². The first-order valence-corrected chi connectivity index (χ1v) is 3.19. The van der Waals surface area contributed by atoms with E-state index in [1.807, 2.05) is 0 Å². The van der Waals surface area contributed by atoms with E-state index < -0.39 is 18.2 Å². The molecule has 11 heavy (non-hydrogen) atoms. The van der Waals surface area contributed by atoms with E-state index in [1.54, 1.807) is 6.92 Å². The largest absolute Gasteiger partial charge is 0.392 e. The number of hydrogen-bond donors (Lipinski definition) is 6. The van der Waals surface area contributed by atoms with Gasteiger partial charge in [0.05, 0.1) is 6.61 Å². The molecule has 0 aliphatic rings.